The molecule has 5 rings (SSSR count). The third kappa shape index (κ3) is 5.05. The van der Waals surface area contributed by atoms with Gasteiger partial charge in [0.2, 0.25) is 5.95 Å². The molecule has 1 aromatic carbocycles. The Balaban J connectivity index is 1.32. The molecule has 0 bridgehead atoms. The van der Waals surface area contributed by atoms with Gasteiger partial charge >= 0.3 is 6.18 Å². The summed E-state index contributed by atoms with van der Waals surface area (Å²) < 4.78 is 78.0. The number of sulfone groups is 1. The van der Waals surface area contributed by atoms with Gasteiger partial charge in [-0.15, -0.1) is 0 Å². The van der Waals surface area contributed by atoms with E-state index in [9.17, 15) is 26.0 Å². The van der Waals surface area contributed by atoms with Gasteiger partial charge < -0.3 is 10.2 Å². The fourth-order valence-electron chi connectivity index (χ4n) is 4.30. The number of halogens is 4. The Kier molecular flexibility index (Phi) is 6.22. The van der Waals surface area contributed by atoms with Crippen molar-refractivity contribution in [1.29, 1.82) is 0 Å². The Hall–Kier alpha value is -3.81. The van der Waals surface area contributed by atoms with Gasteiger partial charge in [-0.1, -0.05) is 0 Å². The van der Waals surface area contributed by atoms with Crippen molar-refractivity contribution in [3.8, 4) is 0 Å². The third-order valence-corrected chi connectivity index (χ3v) is 7.36. The van der Waals surface area contributed by atoms with E-state index in [1.54, 1.807) is 16.9 Å². The molecule has 0 radical (unpaired) electrons. The number of hydrogen-bond donors (Lipinski definition) is 1. The summed E-state index contributed by atoms with van der Waals surface area (Å²) in [6.45, 7) is 1.10. The second-order valence-corrected chi connectivity index (χ2v) is 10.8. The van der Waals surface area contributed by atoms with Crippen LogP contribution in [0.1, 0.15) is 30.0 Å². The number of alkyl halides is 3. The molecule has 3 aromatic heterocycles. The zero-order valence-corrected chi connectivity index (χ0v) is 20.3. The Bertz CT molecular complexity index is 1550. The number of hydrogen-bond acceptors (Lipinski definition) is 8. The van der Waals surface area contributed by atoms with Crippen LogP contribution in [0.4, 0.5) is 34.9 Å². The minimum atomic E-state index is -4.48. The van der Waals surface area contributed by atoms with Gasteiger partial charge in [-0.2, -0.15) is 13.2 Å². The second-order valence-electron chi connectivity index (χ2n) is 8.75. The first-order valence-electron chi connectivity index (χ1n) is 11.2. The van der Waals surface area contributed by atoms with Crippen LogP contribution in [0.15, 0.2) is 54.2 Å². The SMILES string of the molecule is CS(=O)(=O)c1ccc(Nc2cncn3c(C4CCN(c5ncc(C(F)(F)F)cn5)CC4)cnc23)c(F)c1. The molecule has 4 heterocycles. The van der Waals surface area contributed by atoms with E-state index in [-0.39, 0.29) is 22.4 Å². The van der Waals surface area contributed by atoms with Gasteiger partial charge in [0.1, 0.15) is 17.8 Å². The molecule has 0 spiro atoms. The Morgan fingerprint density at radius 1 is 1.00 bits per heavy atom. The molecule has 0 saturated carbocycles. The Morgan fingerprint density at radius 2 is 1.70 bits per heavy atom. The summed E-state index contributed by atoms with van der Waals surface area (Å²) in [4.78, 5) is 18.2. The smallest absolute Gasteiger partial charge is 0.349 e. The molecule has 37 heavy (non-hydrogen) atoms. The number of aromatic nitrogens is 5. The molecule has 9 nitrogen and oxygen atoms in total. The minimum absolute atomic E-state index is 0.0803. The predicted molar refractivity (Wildman–Crippen MR) is 127 cm³/mol. The zero-order valence-electron chi connectivity index (χ0n) is 19.4. The fraction of sp³-hybridized carbons (Fsp3) is 0.304. The van der Waals surface area contributed by atoms with Crippen molar-refractivity contribution in [1.82, 2.24) is 24.3 Å². The maximum atomic E-state index is 14.6. The van der Waals surface area contributed by atoms with E-state index in [0.29, 0.717) is 37.3 Å². The van der Waals surface area contributed by atoms with E-state index in [1.165, 1.54) is 18.3 Å². The van der Waals surface area contributed by atoms with Crippen LogP contribution in [0.3, 0.4) is 0 Å². The van der Waals surface area contributed by atoms with Crippen LogP contribution < -0.4 is 10.2 Å². The molecule has 0 unspecified atom stereocenters. The Morgan fingerprint density at radius 3 is 2.32 bits per heavy atom. The van der Waals surface area contributed by atoms with Gasteiger partial charge in [0.15, 0.2) is 15.5 Å². The number of nitrogens with one attached hydrogen (secondary N) is 1. The number of imidazole rings is 1. The molecule has 14 heteroatoms. The average molecular weight is 536 g/mol. The van der Waals surface area contributed by atoms with Crippen molar-refractivity contribution in [2.75, 3.05) is 29.6 Å². The van der Waals surface area contributed by atoms with E-state index in [1.807, 2.05) is 4.90 Å². The Labute approximate surface area is 209 Å². The lowest BCUT2D eigenvalue weighted by Crippen LogP contribution is -2.34. The summed E-state index contributed by atoms with van der Waals surface area (Å²) in [6, 6.07) is 3.62. The number of rotatable bonds is 5. The lowest BCUT2D eigenvalue weighted by molar-refractivity contribution is -0.138. The molecule has 0 atom stereocenters. The monoisotopic (exact) mass is 535 g/mol. The number of benzene rings is 1. The number of anilines is 3. The van der Waals surface area contributed by atoms with Crippen molar-refractivity contribution < 1.29 is 26.0 Å². The summed E-state index contributed by atoms with van der Waals surface area (Å²) >= 11 is 0. The summed E-state index contributed by atoms with van der Waals surface area (Å²) in [6.07, 6.45) is 4.31. The van der Waals surface area contributed by atoms with E-state index in [4.69, 9.17) is 0 Å². The van der Waals surface area contributed by atoms with Crippen LogP contribution in [0.25, 0.3) is 5.65 Å². The van der Waals surface area contributed by atoms with Crippen LogP contribution >= 0.6 is 0 Å². The van der Waals surface area contributed by atoms with Crippen LogP contribution in [0.5, 0.6) is 0 Å². The summed E-state index contributed by atoms with van der Waals surface area (Å²) in [7, 11) is -3.54. The van der Waals surface area contributed by atoms with Gasteiger partial charge in [0.05, 0.1) is 22.3 Å². The van der Waals surface area contributed by atoms with E-state index in [2.05, 4.69) is 25.3 Å². The standard InChI is InChI=1S/C23H21F4N7O2S/c1-37(35,36)16-2-3-18(17(24)8-16)32-19-11-28-13-34-20(12-29-21(19)34)14-4-6-33(7-5-14)22-30-9-15(10-31-22)23(25,26)27/h2-3,8-14,32H,4-7H2,1H3. The molecular weight excluding hydrogens is 514 g/mol. The zero-order chi connectivity index (χ0) is 26.4. The molecule has 1 saturated heterocycles. The summed E-state index contributed by atoms with van der Waals surface area (Å²) in [5.74, 6) is -0.375. The first-order valence-corrected chi connectivity index (χ1v) is 13.1. The highest BCUT2D eigenvalue weighted by molar-refractivity contribution is 7.90. The molecule has 1 aliphatic rings. The second kappa shape index (κ2) is 9.25. The van der Waals surface area contributed by atoms with Gasteiger partial charge in [-0.05, 0) is 31.0 Å². The largest absolute Gasteiger partial charge is 0.419 e. The molecule has 1 aliphatic heterocycles. The highest BCUT2D eigenvalue weighted by Crippen LogP contribution is 2.33. The molecule has 0 amide bonds. The first kappa shape index (κ1) is 24.9. The number of piperidine rings is 1. The van der Waals surface area contributed by atoms with E-state index in [0.717, 1.165) is 30.4 Å². The average Bonchev–Trinajstić information content (AvgIpc) is 3.29. The van der Waals surface area contributed by atoms with Gasteiger partial charge in [-0.3, -0.25) is 4.40 Å². The first-order chi connectivity index (χ1) is 17.5. The lowest BCUT2D eigenvalue weighted by atomic mass is 9.94. The van der Waals surface area contributed by atoms with Crippen LogP contribution in [-0.4, -0.2) is 52.1 Å². The predicted octanol–water partition coefficient (Wildman–Crippen LogP) is 4.21. The van der Waals surface area contributed by atoms with Crippen molar-refractivity contribution in [2.24, 2.45) is 0 Å². The van der Waals surface area contributed by atoms with E-state index >= 15 is 0 Å². The maximum Gasteiger partial charge on any atom is 0.419 e. The van der Waals surface area contributed by atoms with Gasteiger partial charge in [-0.25, -0.2) is 32.7 Å². The quantitative estimate of drug-likeness (QED) is 0.379. The molecular formula is C23H21F4N7O2S. The van der Waals surface area contributed by atoms with Gasteiger partial charge in [0.25, 0.3) is 0 Å². The normalized spacial score (nSPS) is 15.3. The molecule has 1 N–H and O–H groups in total. The summed E-state index contributed by atoms with van der Waals surface area (Å²) in [5, 5.41) is 2.93. The third-order valence-electron chi connectivity index (χ3n) is 6.25. The van der Waals surface area contributed by atoms with Crippen LogP contribution in [0.2, 0.25) is 0 Å². The number of nitrogens with zero attached hydrogens (tertiary/aromatic N) is 6. The molecule has 0 aliphatic carbocycles. The highest BCUT2D eigenvalue weighted by atomic mass is 32.2. The summed E-state index contributed by atoms with van der Waals surface area (Å²) in [5.41, 5.74) is 1.05. The fourth-order valence-corrected chi connectivity index (χ4v) is 4.93. The van der Waals surface area contributed by atoms with Crippen molar-refractivity contribution in [2.45, 2.75) is 29.8 Å². The topological polar surface area (TPSA) is 105 Å². The van der Waals surface area contributed by atoms with Crippen molar-refractivity contribution >= 4 is 32.8 Å². The molecule has 1 fully saturated rings. The minimum Gasteiger partial charge on any atom is -0.349 e. The lowest BCUT2D eigenvalue weighted by Gasteiger charge is -2.31. The van der Waals surface area contributed by atoms with Crippen molar-refractivity contribution in [3.63, 3.8) is 0 Å². The van der Waals surface area contributed by atoms with Crippen LogP contribution in [-0.2, 0) is 16.0 Å². The number of fused-ring (bicyclic) bond motifs is 1. The van der Waals surface area contributed by atoms with Crippen LogP contribution in [0, 0.1) is 5.82 Å². The highest BCUT2D eigenvalue weighted by Gasteiger charge is 2.32. The molecule has 194 valence electrons. The molecule has 4 aromatic rings. The van der Waals surface area contributed by atoms with Crippen molar-refractivity contribution in [3.05, 3.63) is 66.4 Å². The maximum absolute atomic E-state index is 14.6. The van der Waals surface area contributed by atoms with Gasteiger partial charge in [0, 0.05) is 49.5 Å². The van der Waals surface area contributed by atoms with E-state index < -0.39 is 27.4 Å².